The number of alkyl halides is 3. The number of benzene rings is 3. The summed E-state index contributed by atoms with van der Waals surface area (Å²) < 4.78 is 38.4. The van der Waals surface area contributed by atoms with Crippen molar-refractivity contribution in [3.63, 3.8) is 0 Å². The standard InChI is InChI=1S/C27H31F3N4/c28-27(29,30)23-12-13-25(24(31)20-23)32-14-7-15-33-16-18-34(19-17-33)26(21-8-3-1-4-9-21)22-10-5-2-6-11-22/h1-6,8-13,20,26,32H,7,14-19,31H2. The molecule has 7 heteroatoms. The second kappa shape index (κ2) is 10.9. The van der Waals surface area contributed by atoms with E-state index in [1.54, 1.807) is 0 Å². The lowest BCUT2D eigenvalue weighted by Crippen LogP contribution is -2.48. The molecule has 34 heavy (non-hydrogen) atoms. The van der Waals surface area contributed by atoms with Crippen LogP contribution in [0.25, 0.3) is 0 Å². The first-order chi connectivity index (χ1) is 16.4. The highest BCUT2D eigenvalue weighted by atomic mass is 19.4. The van der Waals surface area contributed by atoms with Gasteiger partial charge in [0, 0.05) is 32.7 Å². The fraction of sp³-hybridized carbons (Fsp3) is 0.333. The van der Waals surface area contributed by atoms with Crippen molar-refractivity contribution in [1.82, 2.24) is 9.80 Å². The van der Waals surface area contributed by atoms with Gasteiger partial charge in [-0.3, -0.25) is 4.90 Å². The van der Waals surface area contributed by atoms with Gasteiger partial charge in [0.05, 0.1) is 23.0 Å². The van der Waals surface area contributed by atoms with Crippen LogP contribution in [0.1, 0.15) is 29.2 Å². The highest BCUT2D eigenvalue weighted by molar-refractivity contribution is 5.67. The first kappa shape index (κ1) is 24.1. The van der Waals surface area contributed by atoms with Gasteiger partial charge in [-0.25, -0.2) is 0 Å². The summed E-state index contributed by atoms with van der Waals surface area (Å²) in [7, 11) is 0. The Kier molecular flexibility index (Phi) is 7.75. The van der Waals surface area contributed by atoms with Gasteiger partial charge < -0.3 is 16.0 Å². The van der Waals surface area contributed by atoms with Crippen LogP contribution in [-0.2, 0) is 6.18 Å². The van der Waals surface area contributed by atoms with Crippen LogP contribution < -0.4 is 11.1 Å². The summed E-state index contributed by atoms with van der Waals surface area (Å²) in [5, 5.41) is 3.17. The van der Waals surface area contributed by atoms with Crippen LogP contribution >= 0.6 is 0 Å². The van der Waals surface area contributed by atoms with Gasteiger partial charge in [0.2, 0.25) is 0 Å². The highest BCUT2D eigenvalue weighted by Crippen LogP contribution is 2.33. The molecule has 3 N–H and O–H groups in total. The van der Waals surface area contributed by atoms with Crippen LogP contribution in [0.3, 0.4) is 0 Å². The minimum absolute atomic E-state index is 0.122. The zero-order chi connectivity index (χ0) is 24.0. The molecular formula is C27H31F3N4. The van der Waals surface area contributed by atoms with Crippen molar-refractivity contribution in [2.24, 2.45) is 0 Å². The van der Waals surface area contributed by atoms with Crippen molar-refractivity contribution in [3.8, 4) is 0 Å². The predicted molar refractivity (Wildman–Crippen MR) is 132 cm³/mol. The van der Waals surface area contributed by atoms with Crippen LogP contribution in [-0.4, -0.2) is 49.1 Å². The molecule has 0 saturated carbocycles. The molecule has 0 aromatic heterocycles. The van der Waals surface area contributed by atoms with Crippen molar-refractivity contribution in [2.45, 2.75) is 18.6 Å². The molecule has 0 spiro atoms. The van der Waals surface area contributed by atoms with E-state index in [9.17, 15) is 13.2 Å². The third-order valence-electron chi connectivity index (χ3n) is 6.35. The number of nitrogens with one attached hydrogen (secondary N) is 1. The van der Waals surface area contributed by atoms with Gasteiger partial charge in [-0.2, -0.15) is 13.2 Å². The van der Waals surface area contributed by atoms with Gasteiger partial charge in [0.15, 0.2) is 0 Å². The van der Waals surface area contributed by atoms with Gasteiger partial charge in [-0.05, 0) is 42.3 Å². The number of nitrogens with zero attached hydrogens (tertiary/aromatic N) is 2. The van der Waals surface area contributed by atoms with Gasteiger partial charge in [0.1, 0.15) is 0 Å². The van der Waals surface area contributed by atoms with Crippen LogP contribution in [0.5, 0.6) is 0 Å². The average Bonchev–Trinajstić information content (AvgIpc) is 2.84. The number of halogens is 3. The summed E-state index contributed by atoms with van der Waals surface area (Å²) in [6.07, 6.45) is -3.49. The van der Waals surface area contributed by atoms with Crippen molar-refractivity contribution >= 4 is 11.4 Å². The van der Waals surface area contributed by atoms with Crippen molar-refractivity contribution in [1.29, 1.82) is 0 Å². The quantitative estimate of drug-likeness (QED) is 0.339. The molecule has 1 aliphatic rings. The molecule has 1 fully saturated rings. The monoisotopic (exact) mass is 468 g/mol. The fourth-order valence-corrected chi connectivity index (χ4v) is 4.56. The molecule has 0 bridgehead atoms. The lowest BCUT2D eigenvalue weighted by atomic mass is 9.96. The molecule has 0 unspecified atom stereocenters. The first-order valence-corrected chi connectivity index (χ1v) is 11.7. The molecule has 3 aromatic carbocycles. The van der Waals surface area contributed by atoms with E-state index in [1.807, 2.05) is 0 Å². The molecule has 1 aliphatic heterocycles. The Balaban J connectivity index is 1.27. The highest BCUT2D eigenvalue weighted by Gasteiger charge is 2.31. The van der Waals surface area contributed by atoms with Gasteiger partial charge in [0.25, 0.3) is 0 Å². The van der Waals surface area contributed by atoms with Crippen LogP contribution in [0.2, 0.25) is 0 Å². The summed E-state index contributed by atoms with van der Waals surface area (Å²) in [5.74, 6) is 0. The Bertz CT molecular complexity index is 993. The third kappa shape index (κ3) is 6.10. The smallest absolute Gasteiger partial charge is 0.397 e. The molecule has 4 nitrogen and oxygen atoms in total. The molecule has 0 radical (unpaired) electrons. The molecule has 1 heterocycles. The Morgan fingerprint density at radius 1 is 0.824 bits per heavy atom. The normalized spacial score (nSPS) is 15.5. The summed E-state index contributed by atoms with van der Waals surface area (Å²) in [4.78, 5) is 4.99. The molecular weight excluding hydrogens is 437 g/mol. The Morgan fingerprint density at radius 2 is 1.41 bits per heavy atom. The lowest BCUT2D eigenvalue weighted by Gasteiger charge is -2.40. The van der Waals surface area contributed by atoms with Crippen LogP contribution in [0.4, 0.5) is 24.5 Å². The molecule has 1 saturated heterocycles. The molecule has 4 rings (SSSR count). The summed E-state index contributed by atoms with van der Waals surface area (Å²) in [6, 6.07) is 25.0. The van der Waals surface area contributed by atoms with E-state index in [0.717, 1.165) is 51.3 Å². The van der Waals surface area contributed by atoms with Gasteiger partial charge in [-0.1, -0.05) is 60.7 Å². The second-order valence-corrected chi connectivity index (χ2v) is 8.68. The maximum atomic E-state index is 12.8. The van der Waals surface area contributed by atoms with Gasteiger partial charge in [-0.15, -0.1) is 0 Å². The molecule has 180 valence electrons. The fourth-order valence-electron chi connectivity index (χ4n) is 4.56. The maximum absolute atomic E-state index is 12.8. The number of rotatable bonds is 8. The SMILES string of the molecule is Nc1cc(C(F)(F)F)ccc1NCCCN1CCN(C(c2ccccc2)c2ccccc2)CC1. The van der Waals surface area contributed by atoms with E-state index in [1.165, 1.54) is 17.2 Å². The van der Waals surface area contributed by atoms with E-state index in [-0.39, 0.29) is 11.7 Å². The van der Waals surface area contributed by atoms with Crippen LogP contribution in [0.15, 0.2) is 78.9 Å². The Morgan fingerprint density at radius 3 is 1.94 bits per heavy atom. The maximum Gasteiger partial charge on any atom is 0.416 e. The number of hydrogen-bond acceptors (Lipinski definition) is 4. The van der Waals surface area contributed by atoms with Crippen LogP contribution in [0, 0.1) is 0 Å². The summed E-state index contributed by atoms with van der Waals surface area (Å²) >= 11 is 0. The Hall–Kier alpha value is -3.03. The summed E-state index contributed by atoms with van der Waals surface area (Å²) in [6.45, 7) is 5.52. The third-order valence-corrected chi connectivity index (χ3v) is 6.35. The molecule has 3 aromatic rings. The zero-order valence-corrected chi connectivity index (χ0v) is 19.1. The second-order valence-electron chi connectivity index (χ2n) is 8.68. The molecule has 0 amide bonds. The van der Waals surface area contributed by atoms with Crippen molar-refractivity contribution in [2.75, 3.05) is 50.3 Å². The van der Waals surface area contributed by atoms with E-state index in [4.69, 9.17) is 5.73 Å². The predicted octanol–water partition coefficient (Wildman–Crippen LogP) is 5.50. The Labute approximate surface area is 199 Å². The van der Waals surface area contributed by atoms with E-state index >= 15 is 0 Å². The number of nitrogen functional groups attached to an aromatic ring is 1. The minimum atomic E-state index is -4.38. The first-order valence-electron chi connectivity index (χ1n) is 11.7. The van der Waals surface area contributed by atoms with Gasteiger partial charge >= 0.3 is 6.18 Å². The minimum Gasteiger partial charge on any atom is -0.397 e. The largest absolute Gasteiger partial charge is 0.416 e. The van der Waals surface area contributed by atoms with Crippen molar-refractivity contribution in [3.05, 3.63) is 95.6 Å². The average molecular weight is 469 g/mol. The lowest BCUT2D eigenvalue weighted by molar-refractivity contribution is -0.137. The molecule has 0 aliphatic carbocycles. The zero-order valence-electron chi connectivity index (χ0n) is 19.1. The van der Waals surface area contributed by atoms with Crippen molar-refractivity contribution < 1.29 is 13.2 Å². The topological polar surface area (TPSA) is 44.5 Å². The number of nitrogens with two attached hydrogens (primary N) is 1. The number of anilines is 2. The summed E-state index contributed by atoms with van der Waals surface area (Å²) in [5.41, 5.74) is 8.36. The van der Waals surface area contributed by atoms with E-state index in [0.29, 0.717) is 12.2 Å². The number of piperazine rings is 1. The van der Waals surface area contributed by atoms with E-state index in [2.05, 4.69) is 75.8 Å². The van der Waals surface area contributed by atoms with E-state index < -0.39 is 11.7 Å². The molecule has 0 atom stereocenters. The number of hydrogen-bond donors (Lipinski definition) is 2.